The first-order valence-electron chi connectivity index (χ1n) is 31.7. The molecule has 12 bridgehead atoms. The molecule has 0 radical (unpaired) electrons. The average Bonchev–Trinajstić information content (AvgIpc) is 0.751. The molecular weight excluding hydrogens is 1490 g/mol. The van der Waals surface area contributed by atoms with E-state index in [0.29, 0.717) is 83.1 Å². The number of carboxylic acid groups (broad SMARTS) is 6. The topological polar surface area (TPSA) is 650 Å². The van der Waals surface area contributed by atoms with Crippen molar-refractivity contribution >= 4 is 107 Å². The Hall–Kier alpha value is -10.0. The first-order valence-corrected chi connectivity index (χ1v) is 31.7. The summed E-state index contributed by atoms with van der Waals surface area (Å²) in [5.74, 6) is -31.1. The van der Waals surface area contributed by atoms with E-state index in [2.05, 4.69) is 0 Å². The maximum atomic E-state index is 13.7. The lowest BCUT2D eigenvalue weighted by atomic mass is 9.93. The van der Waals surface area contributed by atoms with Gasteiger partial charge >= 0.3 is 107 Å². The van der Waals surface area contributed by atoms with Crippen LogP contribution in [-0.4, -0.2) is 322 Å². The lowest BCUT2D eigenvalue weighted by Crippen LogP contribution is -2.71. The quantitative estimate of drug-likeness (QED) is 0.0550. The van der Waals surface area contributed by atoms with Crippen LogP contribution in [0.25, 0.3) is 0 Å². The molecule has 6 N–H and O–H groups in total. The predicted molar refractivity (Wildman–Crippen MR) is 314 cm³/mol. The van der Waals surface area contributed by atoms with E-state index in [9.17, 15) is 117 Å². The SMILES string of the molecule is CC(=O)O[C@@H]1[C@@H](OC(C)=O)[C@H]2O[C@H]3[C@H](OC(C)=O)[C@@H](OC(C)=O)[C@@H](O[C@H]4[C@H](OC(C)=O)[C@@H](OC(C)=O)[C@@H](O[C@H]5[C@H](OC(C)=O)[C@@H](OC(C)=O)[C@@H](O[C@H]6[C@H](OC(C)=O)[C@@H](OC(C)=O)[C@@H](O[C@H]7[C@H](OC(C)=O)[C@@H](OC(C)=O)[C@@H](O[C@@H]1[C@@H](C(=O)O)O2)O[C@@H]7C(=O)O)O[C@@H]6C(=O)O)O[C@@H]5C(=O)O)O[C@@H]4C(=O)O)O[C@@H]3C(=O)O. The van der Waals surface area contributed by atoms with Crippen LogP contribution in [0.3, 0.4) is 0 Å². The molecule has 48 heteroatoms. The summed E-state index contributed by atoms with van der Waals surface area (Å²) in [5.41, 5.74) is 0. The Morgan fingerprint density at radius 1 is 0.167 bits per heavy atom. The zero-order valence-electron chi connectivity index (χ0n) is 58.2. The Kier molecular flexibility index (Phi) is 28.2. The standard InChI is InChI=1S/C60H72O48/c1-13(61)85-31-25-37(49(73)74)103-55(43(31)91-19(7)67)98-26-32(86-14(2)62)45(93-21(9)69)57(105-38(26)50(75)76)100-28-34(88-16(4)64)47(95-23(11)71)59(107-40(28)52(79)80)102-30-36(90-18(6)66)48(96-24(12)72)60(108-42(30)54(83)84)101-29-35(89-17(5)65)46(94-22(10)70)58(106-41(29)53(81)82)99-27-33(87-15(3)63)44(92-20(8)68)56(97-25)104-39(27)51(77)78/h25-48,55-60H,1-12H3,(H,73,74)(H,75,76)(H,77,78)(H,79,80)(H,81,82)(H,83,84)/t25-,26-,27-,28-,29-,30-,31-,32-,33-,34-,35-,36-,37-,38-,39-,40-,41-,42-,43+,44+,45+,46+,47+,48+,55-,56-,57-,58-,59-,60-/m0/s1. The molecule has 30 atom stereocenters. The third kappa shape index (κ3) is 20.4. The van der Waals surface area contributed by atoms with Crippen molar-refractivity contribution in [2.24, 2.45) is 0 Å². The Labute approximate surface area is 604 Å². The molecule has 48 nitrogen and oxygen atoms in total. The molecule has 0 aromatic carbocycles. The number of hydrogen-bond acceptors (Lipinski definition) is 42. The van der Waals surface area contributed by atoms with Crippen molar-refractivity contribution in [2.75, 3.05) is 0 Å². The van der Waals surface area contributed by atoms with E-state index in [0.717, 1.165) is 0 Å². The molecule has 0 aromatic rings. The number of carbonyl (C=O) groups excluding carboxylic acids is 12. The van der Waals surface area contributed by atoms with Gasteiger partial charge in [0.2, 0.25) is 0 Å². The van der Waals surface area contributed by atoms with E-state index in [1.807, 2.05) is 0 Å². The van der Waals surface area contributed by atoms with E-state index in [1.54, 1.807) is 0 Å². The fraction of sp³-hybridized carbons (Fsp3) is 0.700. The van der Waals surface area contributed by atoms with Gasteiger partial charge in [-0.2, -0.15) is 0 Å². The summed E-state index contributed by atoms with van der Waals surface area (Å²) in [6.07, 6.45) is -82.2. The van der Waals surface area contributed by atoms with E-state index >= 15 is 0 Å². The van der Waals surface area contributed by atoms with E-state index in [1.165, 1.54) is 0 Å². The summed E-state index contributed by atoms with van der Waals surface area (Å²) >= 11 is 0. The monoisotopic (exact) mass is 1560 g/mol. The van der Waals surface area contributed by atoms with Crippen LogP contribution in [0.15, 0.2) is 0 Å². The first-order chi connectivity index (χ1) is 50.4. The van der Waals surface area contributed by atoms with Crippen LogP contribution in [0.5, 0.6) is 0 Å². The maximum Gasteiger partial charge on any atom is 0.335 e. The fourth-order valence-electron chi connectivity index (χ4n) is 12.4. The van der Waals surface area contributed by atoms with Crippen LogP contribution >= 0.6 is 0 Å². The number of carbonyl (C=O) groups is 18. The smallest absolute Gasteiger partial charge is 0.335 e. The summed E-state index contributed by atoms with van der Waals surface area (Å²) < 4.78 is 137. The largest absolute Gasteiger partial charge is 0.479 e. The number of ether oxygens (including phenoxy) is 24. The molecule has 0 spiro atoms. The van der Waals surface area contributed by atoms with Crippen LogP contribution in [0.4, 0.5) is 0 Å². The lowest BCUT2D eigenvalue weighted by molar-refractivity contribution is -0.394. The molecule has 0 unspecified atom stereocenters. The summed E-state index contributed by atoms with van der Waals surface area (Å²) in [5, 5.41) is 66.3. The van der Waals surface area contributed by atoms with Gasteiger partial charge in [-0.1, -0.05) is 0 Å². The Bertz CT molecular complexity index is 2920. The molecule has 22 saturated heterocycles. The highest BCUT2D eigenvalue weighted by Gasteiger charge is 2.67. The minimum absolute atomic E-state index is 0.644. The highest BCUT2D eigenvalue weighted by Crippen LogP contribution is 2.44. The molecular formula is C60H72O48. The van der Waals surface area contributed by atoms with Gasteiger partial charge in [-0.15, -0.1) is 0 Å². The third-order valence-electron chi connectivity index (χ3n) is 15.8. The van der Waals surface area contributed by atoms with E-state index in [4.69, 9.17) is 114 Å². The van der Waals surface area contributed by atoms with Gasteiger partial charge in [0.05, 0.1) is 0 Å². The third-order valence-corrected chi connectivity index (χ3v) is 15.8. The van der Waals surface area contributed by atoms with Crippen molar-refractivity contribution in [1.29, 1.82) is 0 Å². The highest BCUT2D eigenvalue weighted by molar-refractivity contribution is 5.79. The minimum Gasteiger partial charge on any atom is -0.479 e. The zero-order valence-corrected chi connectivity index (χ0v) is 58.2. The number of esters is 12. The molecule has 0 aromatic heterocycles. The molecule has 22 rings (SSSR count). The van der Waals surface area contributed by atoms with Gasteiger partial charge in [0.1, 0.15) is 36.6 Å². The number of aliphatic carboxylic acids is 6. The second-order valence-corrected chi connectivity index (χ2v) is 24.1. The van der Waals surface area contributed by atoms with Crippen molar-refractivity contribution in [1.82, 2.24) is 0 Å². The molecule has 0 saturated carbocycles. The summed E-state index contributed by atoms with van der Waals surface area (Å²) in [7, 11) is 0. The van der Waals surface area contributed by atoms with Crippen molar-refractivity contribution in [2.45, 2.75) is 267 Å². The van der Waals surface area contributed by atoms with Crippen LogP contribution in [0.1, 0.15) is 83.1 Å². The fourth-order valence-corrected chi connectivity index (χ4v) is 12.4. The molecule has 22 heterocycles. The number of hydrogen-bond donors (Lipinski definition) is 6. The van der Waals surface area contributed by atoms with Gasteiger partial charge in [0.25, 0.3) is 0 Å². The first kappa shape index (κ1) is 85.2. The van der Waals surface area contributed by atoms with Crippen LogP contribution in [0.2, 0.25) is 0 Å². The van der Waals surface area contributed by atoms with E-state index in [-0.39, 0.29) is 0 Å². The van der Waals surface area contributed by atoms with Crippen molar-refractivity contribution in [3.63, 3.8) is 0 Å². The van der Waals surface area contributed by atoms with Crippen molar-refractivity contribution in [3.8, 4) is 0 Å². The zero-order chi connectivity index (χ0) is 80.7. The van der Waals surface area contributed by atoms with Gasteiger partial charge in [0.15, 0.2) is 148 Å². The van der Waals surface area contributed by atoms with Crippen molar-refractivity contribution in [3.05, 3.63) is 0 Å². The lowest BCUT2D eigenvalue weighted by Gasteiger charge is -2.51. The highest BCUT2D eigenvalue weighted by atomic mass is 16.8. The van der Waals surface area contributed by atoms with Gasteiger partial charge in [0, 0.05) is 83.1 Å². The van der Waals surface area contributed by atoms with Gasteiger partial charge < -0.3 is 144 Å². The molecule has 108 heavy (non-hydrogen) atoms. The Morgan fingerprint density at radius 3 is 0.343 bits per heavy atom. The van der Waals surface area contributed by atoms with Gasteiger partial charge in [-0.05, 0) is 0 Å². The predicted octanol–water partition coefficient (Wildman–Crippen LogP) is -5.65. The Balaban J connectivity index is 1.58. The van der Waals surface area contributed by atoms with Crippen LogP contribution < -0.4 is 0 Å². The van der Waals surface area contributed by atoms with Crippen molar-refractivity contribution < 1.29 is 231 Å². The summed E-state index contributed by atoms with van der Waals surface area (Å²) in [6, 6.07) is 0. The van der Waals surface area contributed by atoms with Crippen LogP contribution in [0, 0.1) is 0 Å². The second-order valence-electron chi connectivity index (χ2n) is 24.1. The maximum absolute atomic E-state index is 13.7. The number of carboxylic acids is 6. The molecule has 22 aliphatic rings. The molecule has 600 valence electrons. The Morgan fingerprint density at radius 2 is 0.259 bits per heavy atom. The molecule has 22 fully saturated rings. The van der Waals surface area contributed by atoms with E-state index < -0.39 is 292 Å². The normalized spacial score (nSPS) is 37.3. The molecule has 0 aliphatic carbocycles. The minimum atomic E-state index is -2.90. The van der Waals surface area contributed by atoms with Crippen LogP contribution in [-0.2, 0) is 200 Å². The second kappa shape index (κ2) is 35.8. The number of rotatable bonds is 18. The molecule has 0 amide bonds. The molecule has 22 aliphatic heterocycles. The van der Waals surface area contributed by atoms with Gasteiger partial charge in [-0.25, -0.2) is 28.8 Å². The van der Waals surface area contributed by atoms with Gasteiger partial charge in [-0.3, -0.25) is 57.5 Å². The summed E-state index contributed by atoms with van der Waals surface area (Å²) in [4.78, 5) is 242. The average molecular weight is 1560 g/mol. The summed E-state index contributed by atoms with van der Waals surface area (Å²) in [6.45, 7) is 7.78.